The van der Waals surface area contributed by atoms with Crippen molar-refractivity contribution in [2.75, 3.05) is 25.4 Å². The number of likely N-dealkylation sites (tertiary alicyclic amines) is 1. The van der Waals surface area contributed by atoms with E-state index in [0.29, 0.717) is 32.5 Å². The number of carbonyl (C=O) groups is 2. The zero-order valence-electron chi connectivity index (χ0n) is 13.5. The van der Waals surface area contributed by atoms with Gasteiger partial charge in [-0.3, -0.25) is 9.59 Å². The Morgan fingerprint density at radius 3 is 2.54 bits per heavy atom. The minimum absolute atomic E-state index is 0.0681. The maximum absolute atomic E-state index is 14.0. The van der Waals surface area contributed by atoms with Gasteiger partial charge in [0.2, 0.25) is 5.91 Å². The van der Waals surface area contributed by atoms with Gasteiger partial charge in [0.05, 0.1) is 10.4 Å². The molecule has 2 heterocycles. The van der Waals surface area contributed by atoms with Gasteiger partial charge < -0.3 is 9.80 Å². The van der Waals surface area contributed by atoms with Gasteiger partial charge in [0.15, 0.2) is 0 Å². The number of rotatable bonds is 2. The molecule has 1 unspecified atom stereocenters. The molecule has 1 spiro atoms. The summed E-state index contributed by atoms with van der Waals surface area (Å²) < 4.78 is 14.0. The van der Waals surface area contributed by atoms with E-state index in [1.807, 2.05) is 0 Å². The Hall–Kier alpha value is -1.27. The zero-order valence-corrected chi connectivity index (χ0v) is 15.1. The van der Waals surface area contributed by atoms with Gasteiger partial charge in [0.1, 0.15) is 11.2 Å². The van der Waals surface area contributed by atoms with E-state index < -0.39 is 11.2 Å². The molecule has 0 bridgehead atoms. The molecule has 24 heavy (non-hydrogen) atoms. The number of amides is 2. The molecule has 3 rings (SSSR count). The maximum Gasteiger partial charge on any atom is 0.257 e. The van der Waals surface area contributed by atoms with Crippen LogP contribution in [0.3, 0.4) is 0 Å². The van der Waals surface area contributed by atoms with Gasteiger partial charge in [-0.05, 0) is 31.9 Å². The minimum atomic E-state index is -0.536. The molecule has 7 heteroatoms. The summed E-state index contributed by atoms with van der Waals surface area (Å²) in [7, 11) is 0. The van der Waals surface area contributed by atoms with Crippen LogP contribution in [-0.4, -0.2) is 57.2 Å². The third-order valence-electron chi connectivity index (χ3n) is 4.72. The van der Waals surface area contributed by atoms with Crippen LogP contribution in [0.1, 0.15) is 30.1 Å². The highest BCUT2D eigenvalue weighted by Crippen LogP contribution is 2.44. The van der Waals surface area contributed by atoms with E-state index in [9.17, 15) is 14.0 Å². The molecule has 2 saturated heterocycles. The molecule has 1 atom stereocenters. The molecule has 2 fully saturated rings. The van der Waals surface area contributed by atoms with Crippen molar-refractivity contribution in [3.8, 4) is 0 Å². The molecule has 0 aliphatic carbocycles. The summed E-state index contributed by atoms with van der Waals surface area (Å²) >= 11 is 7.62. The van der Waals surface area contributed by atoms with Crippen LogP contribution in [0.5, 0.6) is 0 Å². The van der Waals surface area contributed by atoms with E-state index >= 15 is 0 Å². The summed E-state index contributed by atoms with van der Waals surface area (Å²) in [5.74, 6) is 0.0169. The fourth-order valence-corrected chi connectivity index (χ4v) is 5.01. The molecular weight excluding hydrogens is 351 g/mol. The predicted molar refractivity (Wildman–Crippen MR) is 93.8 cm³/mol. The third-order valence-corrected chi connectivity index (χ3v) is 6.46. The molecule has 1 aromatic carbocycles. The molecule has 4 nitrogen and oxygen atoms in total. The van der Waals surface area contributed by atoms with Crippen molar-refractivity contribution < 1.29 is 14.0 Å². The number of benzene rings is 1. The van der Waals surface area contributed by atoms with Crippen molar-refractivity contribution in [3.05, 3.63) is 35.6 Å². The molecule has 0 N–H and O–H groups in total. The second-order valence-corrected chi connectivity index (χ2v) is 8.28. The lowest BCUT2D eigenvalue weighted by Gasteiger charge is -2.44. The summed E-state index contributed by atoms with van der Waals surface area (Å²) in [6, 6.07) is 6.10. The van der Waals surface area contributed by atoms with Crippen LogP contribution in [0.15, 0.2) is 24.3 Å². The van der Waals surface area contributed by atoms with Gasteiger partial charge in [0, 0.05) is 25.4 Å². The molecule has 130 valence electrons. The Labute approximate surface area is 150 Å². The predicted octanol–water partition coefficient (Wildman–Crippen LogP) is 2.96. The van der Waals surface area contributed by atoms with Crippen LogP contribution < -0.4 is 0 Å². The standard InChI is InChI=1S/C17H20ClFN2O2S/c1-12(18)15(22)20-8-6-17(7-9-20)21(10-11-24-17)16(23)13-4-2-3-5-14(13)19/h2-5,12H,6-11H2,1H3. The van der Waals surface area contributed by atoms with Gasteiger partial charge in [-0.25, -0.2) is 4.39 Å². The maximum atomic E-state index is 14.0. The van der Waals surface area contributed by atoms with E-state index in [1.54, 1.807) is 40.6 Å². The average molecular weight is 371 g/mol. The quantitative estimate of drug-likeness (QED) is 0.751. The number of carbonyl (C=O) groups excluding carboxylic acids is 2. The van der Waals surface area contributed by atoms with Crippen LogP contribution in [0.25, 0.3) is 0 Å². The Bertz CT molecular complexity index is 647. The highest BCUT2D eigenvalue weighted by Gasteiger charge is 2.47. The fraction of sp³-hybridized carbons (Fsp3) is 0.529. The van der Waals surface area contributed by atoms with Crippen molar-refractivity contribution in [3.63, 3.8) is 0 Å². The highest BCUT2D eigenvalue weighted by atomic mass is 35.5. The SMILES string of the molecule is CC(Cl)C(=O)N1CCC2(CC1)SCCN2C(=O)c1ccccc1F. The fourth-order valence-electron chi connectivity index (χ4n) is 3.42. The number of alkyl halides is 1. The van der Waals surface area contributed by atoms with Gasteiger partial charge in [-0.1, -0.05) is 12.1 Å². The number of hydrogen-bond donors (Lipinski definition) is 0. The summed E-state index contributed by atoms with van der Waals surface area (Å²) in [5.41, 5.74) is 0.118. The Kier molecular flexibility index (Phi) is 5.06. The van der Waals surface area contributed by atoms with Crippen LogP contribution in [0.2, 0.25) is 0 Å². The summed E-state index contributed by atoms with van der Waals surface area (Å²) in [6.45, 7) is 3.43. The van der Waals surface area contributed by atoms with E-state index in [4.69, 9.17) is 11.6 Å². The Morgan fingerprint density at radius 1 is 1.25 bits per heavy atom. The monoisotopic (exact) mass is 370 g/mol. The van der Waals surface area contributed by atoms with Gasteiger partial charge >= 0.3 is 0 Å². The molecule has 2 aliphatic rings. The van der Waals surface area contributed by atoms with Crippen LogP contribution >= 0.6 is 23.4 Å². The van der Waals surface area contributed by atoms with Crippen LogP contribution in [-0.2, 0) is 4.79 Å². The first-order valence-corrected chi connectivity index (χ1v) is 9.50. The van der Waals surface area contributed by atoms with Crippen molar-refractivity contribution in [1.29, 1.82) is 0 Å². The second kappa shape index (κ2) is 6.92. The molecular formula is C17H20ClFN2O2S. The number of halogens is 2. The van der Waals surface area contributed by atoms with E-state index in [2.05, 4.69) is 0 Å². The third kappa shape index (κ3) is 3.14. The summed E-state index contributed by atoms with van der Waals surface area (Å²) in [5, 5.41) is -0.536. The molecule has 0 aromatic heterocycles. The average Bonchev–Trinajstić information content (AvgIpc) is 2.98. The van der Waals surface area contributed by atoms with Crippen LogP contribution in [0, 0.1) is 5.82 Å². The number of nitrogens with zero attached hydrogens (tertiary/aromatic N) is 2. The van der Waals surface area contributed by atoms with Crippen molar-refractivity contribution in [1.82, 2.24) is 9.80 Å². The largest absolute Gasteiger partial charge is 0.341 e. The smallest absolute Gasteiger partial charge is 0.257 e. The Balaban J connectivity index is 1.76. The van der Waals surface area contributed by atoms with Gasteiger partial charge in [0.25, 0.3) is 5.91 Å². The van der Waals surface area contributed by atoms with E-state index in [0.717, 1.165) is 5.75 Å². The summed E-state index contributed by atoms with van der Waals surface area (Å²) in [4.78, 5) is 28.1. The number of piperidine rings is 1. The number of thioether (sulfide) groups is 1. The van der Waals surface area contributed by atoms with Gasteiger partial charge in [-0.2, -0.15) is 0 Å². The molecule has 0 saturated carbocycles. The molecule has 1 aromatic rings. The van der Waals surface area contributed by atoms with Crippen LogP contribution in [0.4, 0.5) is 4.39 Å². The van der Waals surface area contributed by atoms with Crippen molar-refractivity contribution in [2.24, 2.45) is 0 Å². The van der Waals surface area contributed by atoms with E-state index in [-0.39, 0.29) is 22.2 Å². The lowest BCUT2D eigenvalue weighted by Crippen LogP contribution is -2.54. The first-order chi connectivity index (χ1) is 11.4. The topological polar surface area (TPSA) is 40.6 Å². The summed E-state index contributed by atoms with van der Waals surface area (Å²) in [6.07, 6.45) is 1.38. The Morgan fingerprint density at radius 2 is 1.92 bits per heavy atom. The first kappa shape index (κ1) is 17.5. The lowest BCUT2D eigenvalue weighted by atomic mass is 10.0. The van der Waals surface area contributed by atoms with E-state index in [1.165, 1.54) is 12.1 Å². The second-order valence-electron chi connectivity index (χ2n) is 6.17. The molecule has 0 radical (unpaired) electrons. The zero-order chi connectivity index (χ0) is 17.3. The first-order valence-electron chi connectivity index (χ1n) is 8.08. The molecule has 2 amide bonds. The normalized spacial score (nSPS) is 21.1. The molecule has 2 aliphatic heterocycles. The number of hydrogen-bond acceptors (Lipinski definition) is 3. The van der Waals surface area contributed by atoms with Crippen molar-refractivity contribution in [2.45, 2.75) is 30.0 Å². The van der Waals surface area contributed by atoms with Crippen molar-refractivity contribution >= 4 is 35.2 Å². The van der Waals surface area contributed by atoms with Gasteiger partial charge in [-0.15, -0.1) is 23.4 Å². The lowest BCUT2D eigenvalue weighted by molar-refractivity contribution is -0.132. The highest BCUT2D eigenvalue weighted by molar-refractivity contribution is 8.00. The minimum Gasteiger partial charge on any atom is -0.341 e.